The number of anilines is 1. The summed E-state index contributed by atoms with van der Waals surface area (Å²) in [6, 6.07) is 21.4. The summed E-state index contributed by atoms with van der Waals surface area (Å²) in [7, 11) is 0. The van der Waals surface area contributed by atoms with Crippen LogP contribution >= 0.6 is 27.3 Å². The minimum absolute atomic E-state index is 0.0171. The van der Waals surface area contributed by atoms with Gasteiger partial charge < -0.3 is 0 Å². The monoisotopic (exact) mass is 504 g/mol. The molecule has 2 heterocycles. The lowest BCUT2D eigenvalue weighted by atomic mass is 10.0. The molecule has 0 atom stereocenters. The summed E-state index contributed by atoms with van der Waals surface area (Å²) in [5.41, 5.74) is 3.31. The molecule has 32 heavy (non-hydrogen) atoms. The summed E-state index contributed by atoms with van der Waals surface area (Å²) in [6.45, 7) is 0. The smallest absolute Gasteiger partial charge is 0.270 e. The van der Waals surface area contributed by atoms with Crippen LogP contribution in [0, 0.1) is 10.1 Å². The third-order valence-electron chi connectivity index (χ3n) is 4.89. The van der Waals surface area contributed by atoms with E-state index in [1.165, 1.54) is 23.5 Å². The second-order valence-electron chi connectivity index (χ2n) is 6.96. The lowest BCUT2D eigenvalue weighted by Crippen LogP contribution is -2.13. The number of amides is 1. The van der Waals surface area contributed by atoms with Crippen molar-refractivity contribution in [3.8, 4) is 11.3 Å². The summed E-state index contributed by atoms with van der Waals surface area (Å²) < 4.78 is 1.46. The molecule has 9 heteroatoms. The molecule has 0 radical (unpaired) electrons. The van der Waals surface area contributed by atoms with E-state index < -0.39 is 4.92 Å². The zero-order valence-electron chi connectivity index (χ0n) is 16.3. The molecule has 0 fully saturated rings. The molecule has 7 nitrogen and oxygen atoms in total. The molecule has 156 valence electrons. The van der Waals surface area contributed by atoms with Gasteiger partial charge in [0.1, 0.15) is 0 Å². The molecule has 0 saturated heterocycles. The average molecular weight is 505 g/mol. The molecule has 1 N–H and O–H groups in total. The number of carbonyl (C=O) groups excluding carboxylic acids is 1. The summed E-state index contributed by atoms with van der Waals surface area (Å²) in [5, 5.41) is 14.9. The van der Waals surface area contributed by atoms with Crippen molar-refractivity contribution in [2.24, 2.45) is 0 Å². The first-order valence-corrected chi connectivity index (χ1v) is 11.1. The van der Waals surface area contributed by atoms with Gasteiger partial charge in [0.2, 0.25) is 0 Å². The van der Waals surface area contributed by atoms with Crippen LogP contribution in [0.2, 0.25) is 0 Å². The predicted molar refractivity (Wildman–Crippen MR) is 129 cm³/mol. The number of nitro benzene ring substituents is 1. The van der Waals surface area contributed by atoms with Crippen LogP contribution in [0.5, 0.6) is 0 Å². The fourth-order valence-electron chi connectivity index (χ4n) is 3.39. The number of carbonyl (C=O) groups is 1. The first kappa shape index (κ1) is 20.2. The zero-order valence-corrected chi connectivity index (χ0v) is 18.7. The maximum absolute atomic E-state index is 13.3. The van der Waals surface area contributed by atoms with Crippen LogP contribution in [-0.4, -0.2) is 20.8 Å². The van der Waals surface area contributed by atoms with Gasteiger partial charge >= 0.3 is 0 Å². The summed E-state index contributed by atoms with van der Waals surface area (Å²) in [6.07, 6.45) is 0. The second-order valence-corrected chi connectivity index (χ2v) is 8.91. The number of nitro groups is 1. The van der Waals surface area contributed by atoms with Crippen LogP contribution in [0.4, 0.5) is 10.8 Å². The molecule has 0 saturated carbocycles. The molecule has 0 unspecified atom stereocenters. The Kier molecular flexibility index (Phi) is 5.12. The lowest BCUT2D eigenvalue weighted by molar-refractivity contribution is -0.384. The Hall–Kier alpha value is -3.69. The molecule has 0 aliphatic heterocycles. The van der Waals surface area contributed by atoms with E-state index in [-0.39, 0.29) is 11.6 Å². The van der Waals surface area contributed by atoms with Crippen LogP contribution in [-0.2, 0) is 0 Å². The minimum Gasteiger partial charge on any atom is -0.298 e. The van der Waals surface area contributed by atoms with Gasteiger partial charge in [-0.25, -0.2) is 9.97 Å². The number of hydrogen-bond donors (Lipinski definition) is 1. The van der Waals surface area contributed by atoms with Crippen molar-refractivity contribution in [2.45, 2.75) is 0 Å². The number of thiazole rings is 1. The van der Waals surface area contributed by atoms with Gasteiger partial charge in [-0.2, -0.15) is 0 Å². The number of hydrogen-bond acceptors (Lipinski definition) is 6. The summed E-state index contributed by atoms with van der Waals surface area (Å²) in [4.78, 5) is 33.0. The average Bonchev–Trinajstić information content (AvgIpc) is 3.20. The Balaban J connectivity index is 1.57. The van der Waals surface area contributed by atoms with Gasteiger partial charge in [-0.05, 0) is 30.3 Å². The van der Waals surface area contributed by atoms with E-state index in [2.05, 4.69) is 26.2 Å². The van der Waals surface area contributed by atoms with Crippen LogP contribution in [0.15, 0.2) is 77.3 Å². The van der Waals surface area contributed by atoms with Gasteiger partial charge in [0.25, 0.3) is 11.6 Å². The van der Waals surface area contributed by atoms with Gasteiger partial charge in [0.05, 0.1) is 31.9 Å². The minimum atomic E-state index is -0.455. The number of rotatable bonds is 4. The number of halogens is 1. The summed E-state index contributed by atoms with van der Waals surface area (Å²) >= 11 is 4.65. The van der Waals surface area contributed by atoms with Crippen LogP contribution in [0.3, 0.4) is 0 Å². The van der Waals surface area contributed by atoms with E-state index in [1.54, 1.807) is 12.1 Å². The Bertz CT molecular complexity index is 1520. The van der Waals surface area contributed by atoms with E-state index in [0.717, 1.165) is 10.0 Å². The van der Waals surface area contributed by atoms with E-state index >= 15 is 0 Å². The molecular formula is C23H13BrN4O3S. The molecule has 0 aliphatic rings. The topological polar surface area (TPSA) is 98.0 Å². The number of benzene rings is 3. The number of aromatic nitrogens is 2. The number of nitrogens with zero attached hydrogens (tertiary/aromatic N) is 3. The molecular weight excluding hydrogens is 492 g/mol. The first-order valence-electron chi connectivity index (χ1n) is 9.50. The third kappa shape index (κ3) is 3.83. The van der Waals surface area contributed by atoms with Crippen molar-refractivity contribution in [3.05, 3.63) is 92.9 Å². The maximum Gasteiger partial charge on any atom is 0.270 e. The van der Waals surface area contributed by atoms with E-state index in [4.69, 9.17) is 4.98 Å². The van der Waals surface area contributed by atoms with Crippen molar-refractivity contribution >= 4 is 65.1 Å². The van der Waals surface area contributed by atoms with Gasteiger partial charge in [-0.1, -0.05) is 57.6 Å². The highest BCUT2D eigenvalue weighted by molar-refractivity contribution is 9.10. The Morgan fingerprint density at radius 1 is 0.969 bits per heavy atom. The van der Waals surface area contributed by atoms with E-state index in [1.807, 2.05) is 48.5 Å². The molecule has 0 aliphatic carbocycles. The van der Waals surface area contributed by atoms with Gasteiger partial charge in [0, 0.05) is 27.6 Å². The molecule has 0 spiro atoms. The molecule has 0 bridgehead atoms. The van der Waals surface area contributed by atoms with Crippen LogP contribution < -0.4 is 5.32 Å². The molecule has 1 amide bonds. The Morgan fingerprint density at radius 3 is 2.53 bits per heavy atom. The molecule has 2 aromatic heterocycles. The van der Waals surface area contributed by atoms with Gasteiger partial charge in [-0.3, -0.25) is 20.2 Å². The van der Waals surface area contributed by atoms with Crippen molar-refractivity contribution in [1.29, 1.82) is 0 Å². The SMILES string of the molecule is O=C(Nc1nc2ccc([N+](=O)[O-])cc2s1)c1cc(-c2ccccc2)nc2ccc(Br)cc12. The van der Waals surface area contributed by atoms with Crippen molar-refractivity contribution in [1.82, 2.24) is 9.97 Å². The van der Waals surface area contributed by atoms with Crippen LogP contribution in [0.25, 0.3) is 32.4 Å². The van der Waals surface area contributed by atoms with Crippen molar-refractivity contribution in [3.63, 3.8) is 0 Å². The standard InChI is InChI=1S/C23H13BrN4O3S/c24-14-6-8-18-16(10-14)17(12-20(25-18)13-4-2-1-3-5-13)22(29)27-23-26-19-9-7-15(28(30)31)11-21(19)32-23/h1-12H,(H,26,27,29). The largest absolute Gasteiger partial charge is 0.298 e. The fourth-order valence-corrected chi connectivity index (χ4v) is 4.64. The Morgan fingerprint density at radius 2 is 1.75 bits per heavy atom. The maximum atomic E-state index is 13.3. The second kappa shape index (κ2) is 8.10. The normalized spacial score (nSPS) is 11.0. The Labute approximate surface area is 194 Å². The lowest BCUT2D eigenvalue weighted by Gasteiger charge is -2.10. The van der Waals surface area contributed by atoms with Crippen molar-refractivity contribution in [2.75, 3.05) is 5.32 Å². The highest BCUT2D eigenvalue weighted by atomic mass is 79.9. The van der Waals surface area contributed by atoms with E-state index in [9.17, 15) is 14.9 Å². The van der Waals surface area contributed by atoms with Gasteiger partial charge in [0.15, 0.2) is 5.13 Å². The number of nitrogens with one attached hydrogen (secondary N) is 1. The molecule has 5 aromatic rings. The number of fused-ring (bicyclic) bond motifs is 2. The highest BCUT2D eigenvalue weighted by Crippen LogP contribution is 2.31. The highest BCUT2D eigenvalue weighted by Gasteiger charge is 2.17. The molecule has 5 rings (SSSR count). The quantitative estimate of drug-likeness (QED) is 0.224. The number of pyridine rings is 1. The fraction of sp³-hybridized carbons (Fsp3) is 0. The van der Waals surface area contributed by atoms with Crippen molar-refractivity contribution < 1.29 is 9.72 Å². The predicted octanol–water partition coefficient (Wildman–Crippen LogP) is 6.43. The first-order chi connectivity index (χ1) is 15.5. The summed E-state index contributed by atoms with van der Waals surface area (Å²) in [5.74, 6) is -0.332. The van der Waals surface area contributed by atoms with E-state index in [0.29, 0.717) is 37.5 Å². The van der Waals surface area contributed by atoms with Gasteiger partial charge in [-0.15, -0.1) is 0 Å². The molecule has 3 aromatic carbocycles. The zero-order chi connectivity index (χ0) is 22.2. The third-order valence-corrected chi connectivity index (χ3v) is 6.32. The van der Waals surface area contributed by atoms with Crippen LogP contribution in [0.1, 0.15) is 10.4 Å². The number of non-ortho nitro benzene ring substituents is 1.